The van der Waals surface area contributed by atoms with Crippen molar-refractivity contribution in [3.8, 4) is 33.2 Å². The standard InChI is InChI=1S/C22H14Cl2N2OS/c1-12-25-20(13-4-6-14(23)7-5-13)22(27-12)19-16-11-15(24)8-9-17(16)26-21(19)18-3-2-10-28-18/h2-11,26H,1H3. The van der Waals surface area contributed by atoms with Gasteiger partial charge in [0.2, 0.25) is 0 Å². The van der Waals surface area contributed by atoms with Gasteiger partial charge in [0.1, 0.15) is 5.69 Å². The fraction of sp³-hybridized carbons (Fsp3) is 0.0455. The molecule has 0 saturated heterocycles. The van der Waals surface area contributed by atoms with Crippen LogP contribution in [0, 0.1) is 6.92 Å². The van der Waals surface area contributed by atoms with Crippen molar-refractivity contribution in [1.82, 2.24) is 9.97 Å². The van der Waals surface area contributed by atoms with Gasteiger partial charge in [0.25, 0.3) is 0 Å². The predicted octanol–water partition coefficient (Wildman–Crippen LogP) is 7.83. The number of oxazole rings is 1. The molecule has 0 saturated carbocycles. The van der Waals surface area contributed by atoms with Crippen LogP contribution >= 0.6 is 34.5 Å². The maximum atomic E-state index is 6.32. The molecule has 0 aliphatic rings. The topological polar surface area (TPSA) is 41.8 Å². The highest BCUT2D eigenvalue weighted by molar-refractivity contribution is 7.13. The van der Waals surface area contributed by atoms with Crippen LogP contribution in [0.15, 0.2) is 64.4 Å². The van der Waals surface area contributed by atoms with Crippen molar-refractivity contribution < 1.29 is 4.42 Å². The number of fused-ring (bicyclic) bond motifs is 1. The zero-order valence-electron chi connectivity index (χ0n) is 14.8. The number of hydrogen-bond donors (Lipinski definition) is 1. The summed E-state index contributed by atoms with van der Waals surface area (Å²) >= 11 is 14.1. The van der Waals surface area contributed by atoms with Gasteiger partial charge in [-0.05, 0) is 41.8 Å². The summed E-state index contributed by atoms with van der Waals surface area (Å²) in [7, 11) is 0. The number of nitrogens with zero attached hydrogens (tertiary/aromatic N) is 1. The Kier molecular flexibility index (Phi) is 4.27. The van der Waals surface area contributed by atoms with Crippen LogP contribution in [-0.4, -0.2) is 9.97 Å². The lowest BCUT2D eigenvalue weighted by atomic mass is 10.0. The van der Waals surface area contributed by atoms with Crippen LogP contribution in [0.4, 0.5) is 0 Å². The molecule has 6 heteroatoms. The molecule has 138 valence electrons. The number of benzene rings is 2. The molecule has 5 rings (SSSR count). The zero-order chi connectivity index (χ0) is 19.3. The number of halogens is 2. The van der Waals surface area contributed by atoms with Gasteiger partial charge in [-0.2, -0.15) is 0 Å². The van der Waals surface area contributed by atoms with E-state index in [9.17, 15) is 0 Å². The number of rotatable bonds is 3. The highest BCUT2D eigenvalue weighted by atomic mass is 35.5. The second-order valence-corrected chi connectivity index (χ2v) is 8.28. The molecule has 3 aromatic heterocycles. The maximum Gasteiger partial charge on any atom is 0.192 e. The highest BCUT2D eigenvalue weighted by Gasteiger charge is 2.24. The van der Waals surface area contributed by atoms with Gasteiger partial charge >= 0.3 is 0 Å². The third-order valence-electron chi connectivity index (χ3n) is 4.61. The highest BCUT2D eigenvalue weighted by Crippen LogP contribution is 2.44. The minimum atomic E-state index is 0.605. The van der Waals surface area contributed by atoms with E-state index in [0.717, 1.165) is 44.1 Å². The van der Waals surface area contributed by atoms with E-state index in [1.807, 2.05) is 55.5 Å². The van der Waals surface area contributed by atoms with Gasteiger partial charge in [0.15, 0.2) is 11.7 Å². The molecule has 0 amide bonds. The number of aromatic amines is 1. The molecule has 0 aliphatic carbocycles. The molecule has 1 N–H and O–H groups in total. The minimum absolute atomic E-state index is 0.605. The molecule has 0 fully saturated rings. The van der Waals surface area contributed by atoms with Gasteiger partial charge in [-0.1, -0.05) is 41.4 Å². The van der Waals surface area contributed by atoms with Gasteiger partial charge < -0.3 is 9.40 Å². The van der Waals surface area contributed by atoms with E-state index >= 15 is 0 Å². The first-order valence-corrected chi connectivity index (χ1v) is 10.3. The lowest BCUT2D eigenvalue weighted by Crippen LogP contribution is -1.84. The smallest absolute Gasteiger partial charge is 0.192 e. The van der Waals surface area contributed by atoms with Crippen molar-refractivity contribution in [2.45, 2.75) is 6.92 Å². The average molecular weight is 425 g/mol. The SMILES string of the molecule is Cc1nc(-c2ccc(Cl)cc2)c(-c2c(-c3cccs3)[nH]c3ccc(Cl)cc23)o1. The summed E-state index contributed by atoms with van der Waals surface area (Å²) in [5.74, 6) is 1.32. The van der Waals surface area contributed by atoms with Crippen LogP contribution in [0.1, 0.15) is 5.89 Å². The maximum absolute atomic E-state index is 6.32. The fourth-order valence-electron chi connectivity index (χ4n) is 3.41. The quantitative estimate of drug-likeness (QED) is 0.320. The van der Waals surface area contributed by atoms with Crippen LogP contribution in [0.5, 0.6) is 0 Å². The number of hydrogen-bond acceptors (Lipinski definition) is 3. The van der Waals surface area contributed by atoms with Crippen LogP contribution in [-0.2, 0) is 0 Å². The summed E-state index contributed by atoms with van der Waals surface area (Å²) in [6.45, 7) is 1.86. The largest absolute Gasteiger partial charge is 0.440 e. The van der Waals surface area contributed by atoms with Gasteiger partial charge in [-0.15, -0.1) is 11.3 Å². The predicted molar refractivity (Wildman–Crippen MR) is 117 cm³/mol. The number of H-pyrrole nitrogens is 1. The van der Waals surface area contributed by atoms with E-state index in [1.54, 1.807) is 11.3 Å². The Morgan fingerprint density at radius 3 is 2.54 bits per heavy atom. The summed E-state index contributed by atoms with van der Waals surface area (Å²) in [5, 5.41) is 4.42. The first kappa shape index (κ1) is 17.6. The summed E-state index contributed by atoms with van der Waals surface area (Å²) in [5.41, 5.74) is 4.70. The zero-order valence-corrected chi connectivity index (χ0v) is 17.1. The van der Waals surface area contributed by atoms with Crippen molar-refractivity contribution in [2.24, 2.45) is 0 Å². The second-order valence-electron chi connectivity index (χ2n) is 6.46. The van der Waals surface area contributed by atoms with Crippen LogP contribution in [0.25, 0.3) is 44.1 Å². The van der Waals surface area contributed by atoms with E-state index in [2.05, 4.69) is 21.4 Å². The first-order chi connectivity index (χ1) is 13.6. The van der Waals surface area contributed by atoms with E-state index in [0.29, 0.717) is 15.9 Å². The van der Waals surface area contributed by atoms with Gasteiger partial charge in [0, 0.05) is 33.4 Å². The summed E-state index contributed by atoms with van der Waals surface area (Å²) < 4.78 is 6.13. The Morgan fingerprint density at radius 1 is 1.00 bits per heavy atom. The number of aromatic nitrogens is 2. The Balaban J connectivity index is 1.84. The summed E-state index contributed by atoms with van der Waals surface area (Å²) in [6, 6.07) is 17.6. The third-order valence-corrected chi connectivity index (χ3v) is 5.98. The molecule has 5 aromatic rings. The molecule has 0 aliphatic heterocycles. The van der Waals surface area contributed by atoms with Crippen LogP contribution in [0.2, 0.25) is 10.0 Å². The van der Waals surface area contributed by atoms with Crippen molar-refractivity contribution in [3.05, 3.63) is 75.9 Å². The third kappa shape index (κ3) is 2.94. The molecule has 0 unspecified atom stereocenters. The summed E-state index contributed by atoms with van der Waals surface area (Å²) in [4.78, 5) is 9.32. The van der Waals surface area contributed by atoms with Gasteiger partial charge in [-0.25, -0.2) is 4.98 Å². The number of thiophene rings is 1. The molecule has 2 aromatic carbocycles. The monoisotopic (exact) mass is 424 g/mol. The fourth-order valence-corrected chi connectivity index (χ4v) is 4.44. The van der Waals surface area contributed by atoms with Gasteiger partial charge in [-0.3, -0.25) is 0 Å². The Bertz CT molecular complexity index is 1280. The molecule has 3 nitrogen and oxygen atoms in total. The van der Waals surface area contributed by atoms with Gasteiger partial charge in [0.05, 0.1) is 16.1 Å². The molecule has 0 radical (unpaired) electrons. The average Bonchev–Trinajstić information content (AvgIpc) is 3.40. The first-order valence-electron chi connectivity index (χ1n) is 8.69. The molecular weight excluding hydrogens is 411 g/mol. The van der Waals surface area contributed by atoms with E-state index < -0.39 is 0 Å². The molecule has 28 heavy (non-hydrogen) atoms. The number of aryl methyl sites for hydroxylation is 1. The van der Waals surface area contributed by atoms with E-state index in [1.165, 1.54) is 0 Å². The van der Waals surface area contributed by atoms with E-state index in [-0.39, 0.29) is 0 Å². The Labute approximate surface area is 175 Å². The lowest BCUT2D eigenvalue weighted by Gasteiger charge is -2.04. The minimum Gasteiger partial charge on any atom is -0.440 e. The molecule has 0 atom stereocenters. The molecule has 0 spiro atoms. The Hall–Kier alpha value is -2.53. The number of nitrogens with one attached hydrogen (secondary N) is 1. The van der Waals surface area contributed by atoms with Crippen LogP contribution < -0.4 is 0 Å². The second kappa shape index (κ2) is 6.82. The molecule has 3 heterocycles. The normalized spacial score (nSPS) is 11.4. The van der Waals surface area contributed by atoms with Crippen LogP contribution in [0.3, 0.4) is 0 Å². The van der Waals surface area contributed by atoms with Crippen molar-refractivity contribution >= 4 is 45.4 Å². The van der Waals surface area contributed by atoms with Crippen molar-refractivity contribution in [2.75, 3.05) is 0 Å². The summed E-state index contributed by atoms with van der Waals surface area (Å²) in [6.07, 6.45) is 0. The van der Waals surface area contributed by atoms with Crippen molar-refractivity contribution in [3.63, 3.8) is 0 Å². The van der Waals surface area contributed by atoms with E-state index in [4.69, 9.17) is 27.6 Å². The molecule has 0 bridgehead atoms. The molecular formula is C22H14Cl2N2OS. The Morgan fingerprint density at radius 2 is 1.79 bits per heavy atom. The lowest BCUT2D eigenvalue weighted by molar-refractivity contribution is 0.535. The van der Waals surface area contributed by atoms with Crippen molar-refractivity contribution in [1.29, 1.82) is 0 Å².